The number of ether oxygens (including phenoxy) is 3. The van der Waals surface area contributed by atoms with E-state index in [1.807, 2.05) is 5.32 Å². The molecule has 0 saturated heterocycles. The molecule has 1 rings (SSSR count). The number of unbranched alkanes of at least 4 members (excludes halogenated alkanes) is 2. The molecular weight excluding hydrogens is 530 g/mol. The fraction of sp³-hybridized carbons (Fsp3) is 0.652. The van der Waals surface area contributed by atoms with Crippen molar-refractivity contribution < 1.29 is 60.0 Å². The number of halogens is 6. The van der Waals surface area contributed by atoms with Crippen molar-refractivity contribution in [3.05, 3.63) is 17.3 Å². The van der Waals surface area contributed by atoms with Gasteiger partial charge in [-0.15, -0.1) is 0 Å². The van der Waals surface area contributed by atoms with Crippen LogP contribution in [0, 0.1) is 0 Å². The van der Waals surface area contributed by atoms with Gasteiger partial charge in [-0.25, -0.2) is 14.6 Å². The topological polar surface area (TPSA) is 124 Å². The molecule has 0 aliphatic heterocycles. The van der Waals surface area contributed by atoms with Crippen LogP contribution in [0.1, 0.15) is 75.9 Å². The molecule has 216 valence electrons. The second-order valence-corrected chi connectivity index (χ2v) is 9.42. The van der Waals surface area contributed by atoms with Crippen LogP contribution in [0.25, 0.3) is 0 Å². The molecule has 1 heterocycles. The molecule has 0 aromatic carbocycles. The maximum atomic E-state index is 13.8. The molecule has 0 radical (unpaired) electrons. The Hall–Kier alpha value is -3.10. The van der Waals surface area contributed by atoms with Crippen molar-refractivity contribution in [2.45, 2.75) is 89.5 Å². The lowest BCUT2D eigenvalue weighted by atomic mass is 9.96. The van der Waals surface area contributed by atoms with Crippen LogP contribution in [-0.2, 0) is 20.4 Å². The smallest absolute Gasteiger partial charge is 0.424 e. The summed E-state index contributed by atoms with van der Waals surface area (Å²) >= 11 is 0. The minimum absolute atomic E-state index is 0.0655. The zero-order valence-corrected chi connectivity index (χ0v) is 21.4. The maximum Gasteiger partial charge on any atom is 0.424 e. The van der Waals surface area contributed by atoms with Gasteiger partial charge >= 0.3 is 24.4 Å². The third-order valence-electron chi connectivity index (χ3n) is 4.97. The van der Waals surface area contributed by atoms with E-state index >= 15 is 0 Å². The fourth-order valence-corrected chi connectivity index (χ4v) is 3.07. The molecule has 15 heteroatoms. The molecular formula is C23H30F6N2O7. The zero-order valence-electron chi connectivity index (χ0n) is 21.4. The molecule has 0 unspecified atom stereocenters. The Morgan fingerprint density at radius 2 is 1.71 bits per heavy atom. The van der Waals surface area contributed by atoms with Crippen LogP contribution >= 0.6 is 0 Å². The van der Waals surface area contributed by atoms with E-state index in [4.69, 9.17) is 9.47 Å². The summed E-state index contributed by atoms with van der Waals surface area (Å²) in [7, 11) is 0.951. The summed E-state index contributed by atoms with van der Waals surface area (Å²) in [6, 6.07) is 0.447. The molecule has 1 amide bonds. The highest BCUT2D eigenvalue weighted by atomic mass is 19.4. The van der Waals surface area contributed by atoms with E-state index in [1.165, 1.54) is 27.7 Å². The molecule has 0 bridgehead atoms. The Morgan fingerprint density at radius 3 is 2.18 bits per heavy atom. The quantitative estimate of drug-likeness (QED) is 0.159. The third kappa shape index (κ3) is 9.65. The van der Waals surface area contributed by atoms with Crippen molar-refractivity contribution in [1.82, 2.24) is 4.98 Å². The maximum absolute atomic E-state index is 13.8. The number of hydrogen-bond donors (Lipinski definition) is 2. The number of methoxy groups -OCH3 is 1. The van der Waals surface area contributed by atoms with Crippen LogP contribution in [0.3, 0.4) is 0 Å². The number of amides is 1. The normalized spacial score (nSPS) is 14.7. The number of aliphatic hydroxyl groups is 1. The third-order valence-corrected chi connectivity index (χ3v) is 4.97. The van der Waals surface area contributed by atoms with Gasteiger partial charge in [-0.05, 0) is 59.4 Å². The zero-order chi connectivity index (χ0) is 29.5. The van der Waals surface area contributed by atoms with Crippen molar-refractivity contribution in [3.63, 3.8) is 0 Å². The molecule has 2 N–H and O–H groups in total. The lowest BCUT2D eigenvalue weighted by Crippen LogP contribution is -2.46. The average Bonchev–Trinajstić information content (AvgIpc) is 2.75. The molecule has 38 heavy (non-hydrogen) atoms. The van der Waals surface area contributed by atoms with Crippen LogP contribution in [0.15, 0.2) is 6.07 Å². The van der Waals surface area contributed by atoms with Crippen molar-refractivity contribution in [1.29, 1.82) is 0 Å². The molecule has 0 saturated carbocycles. The highest BCUT2D eigenvalue weighted by Crippen LogP contribution is 2.39. The summed E-state index contributed by atoms with van der Waals surface area (Å²) < 4.78 is 94.4. The van der Waals surface area contributed by atoms with E-state index in [-0.39, 0.29) is 25.7 Å². The summed E-state index contributed by atoms with van der Waals surface area (Å²) in [5, 5.41) is 11.4. The predicted molar refractivity (Wildman–Crippen MR) is 121 cm³/mol. The monoisotopic (exact) mass is 560 g/mol. The van der Waals surface area contributed by atoms with Crippen LogP contribution < -0.4 is 10.1 Å². The SMILES string of the molecule is COC(=O)c1nc(O[C@H](C)CCCCC[C@@](O)(C=O)C(F)(F)F)c(C(F)(F)F)cc1NC(=O)OC(C)(C)C. The van der Waals surface area contributed by atoms with E-state index in [0.717, 1.165) is 7.11 Å². The number of carbonyl (C=O) groups excluding carboxylic acids is 3. The first-order chi connectivity index (χ1) is 17.2. The minimum atomic E-state index is -5.13. The lowest BCUT2D eigenvalue weighted by molar-refractivity contribution is -0.246. The number of aldehydes is 1. The van der Waals surface area contributed by atoms with Gasteiger partial charge in [-0.2, -0.15) is 26.3 Å². The van der Waals surface area contributed by atoms with Gasteiger partial charge in [0.05, 0.1) is 18.9 Å². The van der Waals surface area contributed by atoms with Gasteiger partial charge in [0.1, 0.15) is 11.2 Å². The Labute approximate surface area is 214 Å². The molecule has 1 aromatic rings. The van der Waals surface area contributed by atoms with Gasteiger partial charge in [0.25, 0.3) is 0 Å². The number of anilines is 1. The fourth-order valence-electron chi connectivity index (χ4n) is 3.07. The van der Waals surface area contributed by atoms with Gasteiger partial charge in [0, 0.05) is 0 Å². The van der Waals surface area contributed by atoms with Crippen LogP contribution in [0.2, 0.25) is 0 Å². The summed E-state index contributed by atoms with van der Waals surface area (Å²) in [4.78, 5) is 38.6. The number of alkyl halides is 6. The number of hydrogen-bond acceptors (Lipinski definition) is 8. The van der Waals surface area contributed by atoms with Gasteiger partial charge in [0.15, 0.2) is 12.0 Å². The molecule has 9 nitrogen and oxygen atoms in total. The van der Waals surface area contributed by atoms with E-state index in [1.54, 1.807) is 0 Å². The number of nitrogens with one attached hydrogen (secondary N) is 1. The first-order valence-corrected chi connectivity index (χ1v) is 11.4. The predicted octanol–water partition coefficient (Wildman–Crippen LogP) is 5.44. The standard InChI is InChI=1S/C23H30F6N2O7/c1-13(9-7-6-8-10-21(35,12-32)23(27,28)29)37-17-14(22(24,25)26)11-15(16(31-17)18(33)36-5)30-19(34)38-20(2,3)4/h11-13,35H,6-10H2,1-5H3,(H,30,34)/t13-,21-/m1/s1. The highest BCUT2D eigenvalue weighted by Gasteiger charge is 2.53. The first kappa shape index (κ1) is 32.9. The molecule has 0 spiro atoms. The van der Waals surface area contributed by atoms with Gasteiger partial charge in [-0.1, -0.05) is 6.42 Å². The number of carbonyl (C=O) groups is 3. The first-order valence-electron chi connectivity index (χ1n) is 11.4. The minimum Gasteiger partial charge on any atom is -0.474 e. The summed E-state index contributed by atoms with van der Waals surface area (Å²) in [5.41, 5.74) is -7.20. The van der Waals surface area contributed by atoms with Gasteiger partial charge in [-0.3, -0.25) is 10.1 Å². The van der Waals surface area contributed by atoms with Crippen molar-refractivity contribution in [2.24, 2.45) is 0 Å². The van der Waals surface area contributed by atoms with E-state index < -0.39 is 77.3 Å². The summed E-state index contributed by atoms with van der Waals surface area (Å²) in [6.07, 6.45) is -13.5. The molecule has 0 fully saturated rings. The Balaban J connectivity index is 3.06. The van der Waals surface area contributed by atoms with Gasteiger partial charge < -0.3 is 19.3 Å². The molecule has 0 aliphatic rings. The second-order valence-electron chi connectivity index (χ2n) is 9.42. The van der Waals surface area contributed by atoms with Gasteiger partial charge in [0.2, 0.25) is 11.5 Å². The highest BCUT2D eigenvalue weighted by molar-refractivity contribution is 5.98. The van der Waals surface area contributed by atoms with Crippen molar-refractivity contribution in [3.8, 4) is 5.88 Å². The van der Waals surface area contributed by atoms with Crippen molar-refractivity contribution in [2.75, 3.05) is 12.4 Å². The largest absolute Gasteiger partial charge is 0.474 e. The van der Waals surface area contributed by atoms with E-state index in [2.05, 4.69) is 9.72 Å². The number of esters is 1. The van der Waals surface area contributed by atoms with E-state index in [0.29, 0.717) is 6.07 Å². The molecule has 1 aromatic heterocycles. The lowest BCUT2D eigenvalue weighted by Gasteiger charge is -2.24. The van der Waals surface area contributed by atoms with Crippen molar-refractivity contribution >= 4 is 24.0 Å². The van der Waals surface area contributed by atoms with Crippen LogP contribution in [0.5, 0.6) is 5.88 Å². The Kier molecular flexibility index (Phi) is 10.9. The Bertz CT molecular complexity index is 992. The second kappa shape index (κ2) is 12.6. The number of pyridine rings is 1. The molecule has 0 aliphatic carbocycles. The summed E-state index contributed by atoms with van der Waals surface area (Å²) in [6.45, 7) is 5.93. The van der Waals surface area contributed by atoms with Crippen LogP contribution in [-0.4, -0.2) is 59.0 Å². The molecule has 2 atom stereocenters. The number of nitrogens with zero attached hydrogens (tertiary/aromatic N) is 1. The van der Waals surface area contributed by atoms with E-state index in [9.17, 15) is 45.8 Å². The Morgan fingerprint density at radius 1 is 1.11 bits per heavy atom. The number of rotatable bonds is 11. The summed E-state index contributed by atoms with van der Waals surface area (Å²) in [5.74, 6) is -2.15. The number of aromatic nitrogens is 1. The van der Waals surface area contributed by atoms with Crippen LogP contribution in [0.4, 0.5) is 36.8 Å². The average molecular weight is 560 g/mol.